The van der Waals surface area contributed by atoms with E-state index in [9.17, 15) is 5.11 Å². The first kappa shape index (κ1) is 16.7. The molecule has 2 aromatic heterocycles. The number of nitrogens with zero attached hydrogens (tertiary/aromatic N) is 4. The van der Waals surface area contributed by atoms with E-state index in [1.165, 1.54) is 6.33 Å². The molecule has 2 heterocycles. The molecule has 0 bridgehead atoms. The van der Waals surface area contributed by atoms with Crippen molar-refractivity contribution in [3.63, 3.8) is 0 Å². The molecule has 1 atom stereocenters. The summed E-state index contributed by atoms with van der Waals surface area (Å²) < 4.78 is 1.71. The number of aromatic nitrogens is 4. The fraction of sp³-hybridized carbons (Fsp3) is 0.278. The normalized spacial score (nSPS) is 12.0. The van der Waals surface area contributed by atoms with E-state index in [0.717, 1.165) is 11.1 Å². The molecule has 0 aliphatic heterocycles. The average molecular weight is 336 g/mol. The van der Waals surface area contributed by atoms with Gasteiger partial charge in [-0.2, -0.15) is 5.10 Å². The monoisotopic (exact) mass is 336 g/mol. The third kappa shape index (κ3) is 3.39. The highest BCUT2D eigenvalue weighted by Gasteiger charge is 2.15. The van der Waals surface area contributed by atoms with Crippen LogP contribution in [0.1, 0.15) is 23.7 Å². The Morgan fingerprint density at radius 1 is 1.24 bits per heavy atom. The summed E-state index contributed by atoms with van der Waals surface area (Å²) in [5.41, 5.74) is 15.5. The largest absolute Gasteiger partial charge is 0.399 e. The lowest BCUT2D eigenvalue weighted by Gasteiger charge is -2.07. The molecule has 1 aromatic carbocycles. The Hall–Kier alpha value is -3.11. The molecule has 25 heavy (non-hydrogen) atoms. The van der Waals surface area contributed by atoms with Crippen LogP contribution in [0.2, 0.25) is 0 Å². The predicted octanol–water partition coefficient (Wildman–Crippen LogP) is 1.33. The number of benzene rings is 1. The van der Waals surface area contributed by atoms with Crippen molar-refractivity contribution >= 4 is 22.5 Å². The van der Waals surface area contributed by atoms with Crippen LogP contribution >= 0.6 is 0 Å². The summed E-state index contributed by atoms with van der Waals surface area (Å²) in [4.78, 5) is 8.32. The van der Waals surface area contributed by atoms with Gasteiger partial charge >= 0.3 is 0 Å². The maximum atomic E-state index is 9.30. The van der Waals surface area contributed by atoms with Crippen LogP contribution in [0.3, 0.4) is 0 Å². The van der Waals surface area contributed by atoms with Crippen LogP contribution in [0, 0.1) is 24.7 Å². The zero-order valence-corrected chi connectivity index (χ0v) is 14.2. The highest BCUT2D eigenvalue weighted by molar-refractivity contribution is 5.90. The second-order valence-electron chi connectivity index (χ2n) is 6.10. The van der Waals surface area contributed by atoms with E-state index in [1.54, 1.807) is 4.68 Å². The maximum absolute atomic E-state index is 9.30. The van der Waals surface area contributed by atoms with Crippen LogP contribution in [0.4, 0.5) is 11.5 Å². The molecule has 0 unspecified atom stereocenters. The van der Waals surface area contributed by atoms with E-state index < -0.39 is 0 Å². The number of anilines is 2. The van der Waals surface area contributed by atoms with Gasteiger partial charge in [0.15, 0.2) is 5.65 Å². The van der Waals surface area contributed by atoms with Crippen molar-refractivity contribution in [3.05, 3.63) is 41.3 Å². The topological polar surface area (TPSA) is 116 Å². The molecular formula is C18H20N6O. The number of aliphatic hydroxyl groups excluding tert-OH is 1. The van der Waals surface area contributed by atoms with Gasteiger partial charge in [0.25, 0.3) is 0 Å². The Morgan fingerprint density at radius 3 is 2.80 bits per heavy atom. The van der Waals surface area contributed by atoms with Gasteiger partial charge in [-0.05, 0) is 36.5 Å². The Balaban J connectivity index is 2.11. The van der Waals surface area contributed by atoms with Crippen molar-refractivity contribution in [1.29, 1.82) is 0 Å². The lowest BCUT2D eigenvalue weighted by molar-refractivity contribution is 0.220. The van der Waals surface area contributed by atoms with Crippen LogP contribution < -0.4 is 11.5 Å². The molecule has 128 valence electrons. The lowest BCUT2D eigenvalue weighted by Crippen LogP contribution is -2.12. The number of rotatable bonds is 3. The minimum Gasteiger partial charge on any atom is -0.399 e. The number of aryl methyl sites for hydroxylation is 1. The number of hydrogen-bond acceptors (Lipinski definition) is 6. The predicted molar refractivity (Wildman–Crippen MR) is 97.6 cm³/mol. The summed E-state index contributed by atoms with van der Waals surface area (Å²) >= 11 is 0. The summed E-state index contributed by atoms with van der Waals surface area (Å²) in [6, 6.07) is 5.60. The smallest absolute Gasteiger partial charge is 0.164 e. The summed E-state index contributed by atoms with van der Waals surface area (Å²) in [7, 11) is 0. The molecular weight excluding hydrogens is 316 g/mol. The molecule has 0 radical (unpaired) electrons. The summed E-state index contributed by atoms with van der Waals surface area (Å²) in [5, 5.41) is 14.4. The van der Waals surface area contributed by atoms with E-state index in [0.29, 0.717) is 34.8 Å². The first-order valence-electron chi connectivity index (χ1n) is 7.95. The van der Waals surface area contributed by atoms with Crippen LogP contribution in [0.15, 0.2) is 24.5 Å². The van der Waals surface area contributed by atoms with Crippen molar-refractivity contribution < 1.29 is 5.11 Å². The van der Waals surface area contributed by atoms with Crippen LogP contribution in [0.5, 0.6) is 0 Å². The van der Waals surface area contributed by atoms with Gasteiger partial charge in [0.2, 0.25) is 0 Å². The number of hydrogen-bond donors (Lipinski definition) is 3. The van der Waals surface area contributed by atoms with Crippen molar-refractivity contribution in [1.82, 2.24) is 19.7 Å². The Bertz CT molecular complexity index is 982. The fourth-order valence-electron chi connectivity index (χ4n) is 2.50. The molecule has 0 fully saturated rings. The molecule has 0 aliphatic carbocycles. The van der Waals surface area contributed by atoms with E-state index in [2.05, 4.69) is 26.9 Å². The molecule has 5 N–H and O–H groups in total. The Labute approximate surface area is 145 Å². The van der Waals surface area contributed by atoms with Gasteiger partial charge in [-0.25, -0.2) is 14.6 Å². The van der Waals surface area contributed by atoms with E-state index in [-0.39, 0.29) is 12.5 Å². The van der Waals surface area contributed by atoms with Crippen molar-refractivity contribution in [2.45, 2.75) is 20.4 Å². The maximum Gasteiger partial charge on any atom is 0.164 e. The molecule has 3 rings (SSSR count). The van der Waals surface area contributed by atoms with Gasteiger partial charge < -0.3 is 16.6 Å². The summed E-state index contributed by atoms with van der Waals surface area (Å²) in [5.74, 6) is 6.54. The van der Waals surface area contributed by atoms with Gasteiger partial charge in [-0.15, -0.1) is 0 Å². The quantitative estimate of drug-likeness (QED) is 0.491. The number of fused-ring (bicyclic) bond motifs is 1. The summed E-state index contributed by atoms with van der Waals surface area (Å²) in [6.45, 7) is 4.48. The summed E-state index contributed by atoms with van der Waals surface area (Å²) in [6.07, 6.45) is 1.40. The van der Waals surface area contributed by atoms with Crippen molar-refractivity contribution in [3.8, 4) is 11.8 Å². The minimum atomic E-state index is 0.0382. The standard InChI is InChI=1S/C18H20N6O/c1-11(9-25)8-24-18-16(17(20)21-10-22-18)15(23-24)6-4-13-7-14(19)5-3-12(13)2/h3,5,7,10-11,25H,8-9,19H2,1-2H3,(H2,20,21,22)/t11-/m0/s1. The molecule has 7 nitrogen and oxygen atoms in total. The van der Waals surface area contributed by atoms with E-state index in [1.807, 2.05) is 32.0 Å². The Morgan fingerprint density at radius 2 is 2.04 bits per heavy atom. The van der Waals surface area contributed by atoms with Crippen LogP contribution in [-0.2, 0) is 6.54 Å². The second kappa shape index (κ2) is 6.79. The van der Waals surface area contributed by atoms with Crippen LogP contribution in [-0.4, -0.2) is 31.5 Å². The average Bonchev–Trinajstić information content (AvgIpc) is 2.94. The fourth-order valence-corrected chi connectivity index (χ4v) is 2.50. The molecule has 0 spiro atoms. The molecule has 7 heteroatoms. The van der Waals surface area contributed by atoms with E-state index in [4.69, 9.17) is 11.5 Å². The van der Waals surface area contributed by atoms with Crippen LogP contribution in [0.25, 0.3) is 11.0 Å². The number of nitrogen functional groups attached to an aromatic ring is 2. The molecule has 0 saturated carbocycles. The first-order valence-corrected chi connectivity index (χ1v) is 7.95. The minimum absolute atomic E-state index is 0.0382. The molecule has 3 aromatic rings. The highest BCUT2D eigenvalue weighted by atomic mass is 16.3. The second-order valence-corrected chi connectivity index (χ2v) is 6.10. The van der Waals surface area contributed by atoms with Crippen molar-refractivity contribution in [2.24, 2.45) is 5.92 Å². The number of aliphatic hydroxyl groups is 1. The first-order chi connectivity index (χ1) is 12.0. The molecule has 0 saturated heterocycles. The zero-order valence-electron chi connectivity index (χ0n) is 14.2. The lowest BCUT2D eigenvalue weighted by atomic mass is 10.1. The van der Waals surface area contributed by atoms with Gasteiger partial charge in [-0.3, -0.25) is 0 Å². The zero-order chi connectivity index (χ0) is 18.0. The van der Waals surface area contributed by atoms with Gasteiger partial charge in [-0.1, -0.05) is 18.9 Å². The van der Waals surface area contributed by atoms with Crippen molar-refractivity contribution in [2.75, 3.05) is 18.1 Å². The Kier molecular flexibility index (Phi) is 4.55. The van der Waals surface area contributed by atoms with E-state index >= 15 is 0 Å². The number of nitrogens with two attached hydrogens (primary N) is 2. The highest BCUT2D eigenvalue weighted by Crippen LogP contribution is 2.21. The van der Waals surface area contributed by atoms with Gasteiger partial charge in [0.05, 0.1) is 5.39 Å². The molecule has 0 amide bonds. The molecule has 0 aliphatic rings. The van der Waals surface area contributed by atoms with Gasteiger partial charge in [0, 0.05) is 24.4 Å². The van der Waals surface area contributed by atoms with Gasteiger partial charge in [0.1, 0.15) is 17.8 Å². The SMILES string of the molecule is Cc1ccc(N)cc1C#Cc1nn(C[C@H](C)CO)c2ncnc(N)c12. The third-order valence-corrected chi connectivity index (χ3v) is 3.93. The third-order valence-electron chi connectivity index (χ3n) is 3.93.